The monoisotopic (exact) mass is 453 g/mol. The highest BCUT2D eigenvalue weighted by atomic mass is 19.1. The predicted octanol–water partition coefficient (Wildman–Crippen LogP) is 2.91. The number of anilines is 2. The van der Waals surface area contributed by atoms with Gasteiger partial charge in [0.1, 0.15) is 23.6 Å². The van der Waals surface area contributed by atoms with E-state index in [2.05, 4.69) is 20.9 Å². The molecule has 10 heteroatoms. The van der Waals surface area contributed by atoms with Crippen LogP contribution in [0.2, 0.25) is 0 Å². The van der Waals surface area contributed by atoms with E-state index < -0.39 is 41.7 Å². The summed E-state index contributed by atoms with van der Waals surface area (Å²) < 4.78 is 13.9. The molecule has 0 bridgehead atoms. The van der Waals surface area contributed by atoms with Crippen molar-refractivity contribution in [3.05, 3.63) is 54.1 Å². The Balaban J connectivity index is 1.47. The fourth-order valence-electron chi connectivity index (χ4n) is 4.38. The van der Waals surface area contributed by atoms with Crippen molar-refractivity contribution in [2.24, 2.45) is 5.92 Å². The summed E-state index contributed by atoms with van der Waals surface area (Å²) in [6.07, 6.45) is 4.61. The lowest BCUT2D eigenvalue weighted by Gasteiger charge is -2.36. The largest absolute Gasteiger partial charge is 0.325 e. The topological polar surface area (TPSA) is 120 Å². The van der Waals surface area contributed by atoms with Crippen molar-refractivity contribution in [3.63, 3.8) is 0 Å². The lowest BCUT2D eigenvalue weighted by atomic mass is 9.73. The summed E-state index contributed by atoms with van der Waals surface area (Å²) in [6, 6.07) is 7.68. The van der Waals surface area contributed by atoms with Gasteiger partial charge in [-0.3, -0.25) is 24.3 Å². The Kier molecular flexibility index (Phi) is 6.08. The second kappa shape index (κ2) is 8.97. The molecule has 1 aromatic carbocycles. The molecule has 2 heterocycles. The molecule has 1 aliphatic carbocycles. The number of hydrogen-bond donors (Lipinski definition) is 3. The summed E-state index contributed by atoms with van der Waals surface area (Å²) in [6.45, 7) is 1.40. The van der Waals surface area contributed by atoms with Crippen LogP contribution in [0.3, 0.4) is 0 Å². The Morgan fingerprint density at radius 1 is 1.18 bits per heavy atom. The van der Waals surface area contributed by atoms with Crippen molar-refractivity contribution in [2.75, 3.05) is 17.2 Å². The van der Waals surface area contributed by atoms with Gasteiger partial charge in [-0.15, -0.1) is 0 Å². The van der Waals surface area contributed by atoms with Crippen molar-refractivity contribution < 1.29 is 23.6 Å². The summed E-state index contributed by atoms with van der Waals surface area (Å²) in [7, 11) is 0. The molecule has 2 unspecified atom stereocenters. The molecule has 1 saturated carbocycles. The van der Waals surface area contributed by atoms with Crippen LogP contribution in [0.4, 0.5) is 20.6 Å². The van der Waals surface area contributed by atoms with E-state index in [9.17, 15) is 23.6 Å². The van der Waals surface area contributed by atoms with Crippen molar-refractivity contribution in [1.29, 1.82) is 0 Å². The molecule has 0 radical (unpaired) electrons. The molecule has 2 fully saturated rings. The van der Waals surface area contributed by atoms with Gasteiger partial charge in [-0.25, -0.2) is 9.18 Å². The Labute approximate surface area is 189 Å². The van der Waals surface area contributed by atoms with Gasteiger partial charge < -0.3 is 16.0 Å². The number of halogens is 1. The summed E-state index contributed by atoms with van der Waals surface area (Å²) in [5, 5.41) is 7.86. The third-order valence-electron chi connectivity index (χ3n) is 6.20. The summed E-state index contributed by atoms with van der Waals surface area (Å²) >= 11 is 0. The average molecular weight is 453 g/mol. The normalized spacial score (nSPS) is 22.2. The molecule has 2 atom stereocenters. The van der Waals surface area contributed by atoms with Crippen molar-refractivity contribution in [3.8, 4) is 0 Å². The van der Waals surface area contributed by atoms with Crippen LogP contribution in [-0.4, -0.2) is 45.7 Å². The third kappa shape index (κ3) is 4.41. The fourth-order valence-corrected chi connectivity index (χ4v) is 4.38. The number of imide groups is 1. The Hall–Kier alpha value is -3.82. The maximum absolute atomic E-state index is 13.9. The zero-order chi connectivity index (χ0) is 23.6. The van der Waals surface area contributed by atoms with Crippen molar-refractivity contribution in [1.82, 2.24) is 15.2 Å². The molecule has 1 spiro atoms. The van der Waals surface area contributed by atoms with E-state index in [4.69, 9.17) is 0 Å². The van der Waals surface area contributed by atoms with Crippen LogP contribution < -0.4 is 16.0 Å². The van der Waals surface area contributed by atoms with Crippen molar-refractivity contribution in [2.45, 2.75) is 38.1 Å². The van der Waals surface area contributed by atoms with Crippen LogP contribution >= 0.6 is 0 Å². The van der Waals surface area contributed by atoms with E-state index in [0.29, 0.717) is 6.42 Å². The number of benzene rings is 1. The van der Waals surface area contributed by atoms with E-state index in [1.807, 2.05) is 6.92 Å². The van der Waals surface area contributed by atoms with E-state index in [0.717, 1.165) is 36.3 Å². The summed E-state index contributed by atoms with van der Waals surface area (Å²) in [4.78, 5) is 55.5. The average Bonchev–Trinajstić information content (AvgIpc) is 3.03. The van der Waals surface area contributed by atoms with E-state index in [1.54, 1.807) is 12.1 Å². The van der Waals surface area contributed by atoms with Gasteiger partial charge in [0, 0.05) is 6.20 Å². The van der Waals surface area contributed by atoms with Crippen LogP contribution in [-0.2, 0) is 9.59 Å². The number of aromatic nitrogens is 1. The van der Waals surface area contributed by atoms with Gasteiger partial charge >= 0.3 is 6.03 Å². The minimum absolute atomic E-state index is 0.00270. The van der Waals surface area contributed by atoms with E-state index in [-0.39, 0.29) is 23.0 Å². The molecule has 1 saturated heterocycles. The lowest BCUT2D eigenvalue weighted by molar-refractivity contribution is -0.136. The molecule has 3 N–H and O–H groups in total. The fraction of sp³-hybridized carbons (Fsp3) is 0.348. The van der Waals surface area contributed by atoms with Gasteiger partial charge in [0.25, 0.3) is 11.8 Å². The molecule has 4 rings (SSSR count). The van der Waals surface area contributed by atoms with Gasteiger partial charge in [-0.2, -0.15) is 0 Å². The van der Waals surface area contributed by atoms with Crippen LogP contribution in [0.15, 0.2) is 42.6 Å². The smallest absolute Gasteiger partial charge is 0.323 e. The van der Waals surface area contributed by atoms with Gasteiger partial charge in [0.05, 0.1) is 11.4 Å². The second-order valence-corrected chi connectivity index (χ2v) is 8.35. The molecule has 1 aromatic heterocycles. The first kappa shape index (κ1) is 22.4. The number of nitrogens with zero attached hydrogens (tertiary/aromatic N) is 2. The molecular weight excluding hydrogens is 429 g/mol. The zero-order valence-corrected chi connectivity index (χ0v) is 18.1. The van der Waals surface area contributed by atoms with Crippen LogP contribution in [0, 0.1) is 11.7 Å². The SMILES string of the molecule is CC1CCCCC12NC(=O)N(CC(=O)Nc1cc(F)ccc1NC(=O)c1ccccn1)C2=O. The number of carbonyl (C=O) groups excluding carboxylic acids is 4. The molecule has 2 aliphatic rings. The standard InChI is InChI=1S/C23H24FN5O4/c1-14-6-2-4-10-23(14)21(32)29(22(33)28-23)13-19(30)26-18-12-15(24)8-9-16(18)27-20(31)17-7-3-5-11-25-17/h3,5,7-9,11-12,14H,2,4,6,10,13H2,1H3,(H,26,30)(H,27,31)(H,28,33). The molecule has 2 aromatic rings. The van der Waals surface area contributed by atoms with E-state index >= 15 is 0 Å². The zero-order valence-electron chi connectivity index (χ0n) is 18.1. The van der Waals surface area contributed by atoms with Crippen LogP contribution in [0.25, 0.3) is 0 Å². The molecule has 172 valence electrons. The quantitative estimate of drug-likeness (QED) is 0.601. The number of carbonyl (C=O) groups is 4. The Morgan fingerprint density at radius 3 is 2.73 bits per heavy atom. The third-order valence-corrected chi connectivity index (χ3v) is 6.20. The van der Waals surface area contributed by atoms with Gasteiger partial charge in [-0.1, -0.05) is 25.8 Å². The first-order valence-electron chi connectivity index (χ1n) is 10.8. The number of urea groups is 1. The first-order chi connectivity index (χ1) is 15.8. The molecule has 9 nitrogen and oxygen atoms in total. The lowest BCUT2D eigenvalue weighted by Crippen LogP contribution is -2.54. The summed E-state index contributed by atoms with van der Waals surface area (Å²) in [5.74, 6) is -2.32. The number of amides is 5. The van der Waals surface area contributed by atoms with Gasteiger partial charge in [0.2, 0.25) is 5.91 Å². The maximum atomic E-state index is 13.9. The minimum atomic E-state index is -0.976. The predicted molar refractivity (Wildman–Crippen MR) is 118 cm³/mol. The molecular formula is C23H24FN5O4. The van der Waals surface area contributed by atoms with E-state index in [1.165, 1.54) is 18.3 Å². The number of pyridine rings is 1. The highest BCUT2D eigenvalue weighted by Crippen LogP contribution is 2.38. The number of hydrogen-bond acceptors (Lipinski definition) is 5. The maximum Gasteiger partial charge on any atom is 0.325 e. The van der Waals surface area contributed by atoms with Crippen molar-refractivity contribution >= 4 is 35.1 Å². The Morgan fingerprint density at radius 2 is 2.00 bits per heavy atom. The second-order valence-electron chi connectivity index (χ2n) is 8.35. The number of rotatable bonds is 5. The van der Waals surface area contributed by atoms with Gasteiger partial charge in [0.15, 0.2) is 0 Å². The highest BCUT2D eigenvalue weighted by molar-refractivity contribution is 6.11. The molecule has 33 heavy (non-hydrogen) atoms. The molecule has 1 aliphatic heterocycles. The van der Waals surface area contributed by atoms with Crippen LogP contribution in [0.1, 0.15) is 43.1 Å². The van der Waals surface area contributed by atoms with Gasteiger partial charge in [-0.05, 0) is 49.1 Å². The highest BCUT2D eigenvalue weighted by Gasteiger charge is 2.55. The number of nitrogens with one attached hydrogen (secondary N) is 3. The first-order valence-corrected chi connectivity index (χ1v) is 10.8. The van der Waals surface area contributed by atoms with Crippen LogP contribution in [0.5, 0.6) is 0 Å². The summed E-state index contributed by atoms with van der Waals surface area (Å²) in [5.41, 5.74) is -0.687. The minimum Gasteiger partial charge on any atom is -0.323 e. The molecule has 5 amide bonds. The Bertz CT molecular complexity index is 1110.